The summed E-state index contributed by atoms with van der Waals surface area (Å²) in [6, 6.07) is 13.8. The Bertz CT molecular complexity index is 1110. The number of amides is 2. The van der Waals surface area contributed by atoms with Crippen molar-refractivity contribution in [1.82, 2.24) is 24.6 Å². The summed E-state index contributed by atoms with van der Waals surface area (Å²) in [6.45, 7) is 1.02. The van der Waals surface area contributed by atoms with Crippen LogP contribution in [0.3, 0.4) is 0 Å². The first-order valence-corrected chi connectivity index (χ1v) is 10.9. The fourth-order valence-corrected chi connectivity index (χ4v) is 4.76. The Morgan fingerprint density at radius 3 is 2.59 bits per heavy atom. The molecule has 7 heteroatoms. The van der Waals surface area contributed by atoms with Crippen LogP contribution in [-0.2, 0) is 18.3 Å². The minimum atomic E-state index is -0.686. The van der Waals surface area contributed by atoms with Gasteiger partial charge in [-0.25, -0.2) is 0 Å². The van der Waals surface area contributed by atoms with Gasteiger partial charge < -0.3 is 9.80 Å². The minimum absolute atomic E-state index is 0.0565. The summed E-state index contributed by atoms with van der Waals surface area (Å²) in [4.78, 5) is 34.5. The zero-order chi connectivity index (χ0) is 22.7. The Labute approximate surface area is 188 Å². The topological polar surface area (TPSA) is 71.3 Å². The number of hydrogen-bond donors (Lipinski definition) is 0. The maximum Gasteiger partial charge on any atom is 0.272 e. The van der Waals surface area contributed by atoms with Crippen LogP contribution in [0.15, 0.2) is 61.1 Å². The van der Waals surface area contributed by atoms with Gasteiger partial charge in [0.05, 0.1) is 5.41 Å². The number of aromatic nitrogens is 3. The van der Waals surface area contributed by atoms with Crippen molar-refractivity contribution in [2.24, 2.45) is 12.5 Å². The molecule has 0 N–H and O–H groups in total. The second kappa shape index (κ2) is 8.94. The van der Waals surface area contributed by atoms with E-state index in [-0.39, 0.29) is 11.8 Å². The van der Waals surface area contributed by atoms with Gasteiger partial charge in [0.1, 0.15) is 5.69 Å². The molecular formula is C25H29N5O2. The van der Waals surface area contributed by atoms with Gasteiger partial charge in [0, 0.05) is 58.4 Å². The van der Waals surface area contributed by atoms with Crippen LogP contribution in [0, 0.1) is 5.41 Å². The summed E-state index contributed by atoms with van der Waals surface area (Å²) in [5.41, 5.74) is 3.03. The number of likely N-dealkylation sites (tertiary alicyclic amines) is 1. The zero-order valence-electron chi connectivity index (χ0n) is 18.9. The molecule has 0 unspecified atom stereocenters. The lowest BCUT2D eigenvalue weighted by atomic mass is 9.73. The van der Waals surface area contributed by atoms with Gasteiger partial charge in [0.2, 0.25) is 5.91 Å². The highest BCUT2D eigenvalue weighted by Gasteiger charge is 2.45. The molecule has 1 aliphatic rings. The molecule has 1 aliphatic heterocycles. The summed E-state index contributed by atoms with van der Waals surface area (Å²) in [5, 5.41) is 4.13. The van der Waals surface area contributed by atoms with Crippen LogP contribution in [0.1, 0.15) is 28.9 Å². The van der Waals surface area contributed by atoms with Crippen molar-refractivity contribution >= 4 is 11.8 Å². The fourth-order valence-electron chi connectivity index (χ4n) is 4.76. The second-order valence-corrected chi connectivity index (χ2v) is 8.73. The molecule has 0 bridgehead atoms. The number of nitrogens with zero attached hydrogens (tertiary/aromatic N) is 5. The van der Waals surface area contributed by atoms with Crippen LogP contribution >= 0.6 is 0 Å². The van der Waals surface area contributed by atoms with Crippen LogP contribution < -0.4 is 0 Å². The van der Waals surface area contributed by atoms with E-state index >= 15 is 0 Å². The number of carbonyl (C=O) groups is 2. The quantitative estimate of drug-likeness (QED) is 0.623. The normalized spacial score (nSPS) is 18.4. The third-order valence-corrected chi connectivity index (χ3v) is 6.28. The molecular weight excluding hydrogens is 402 g/mol. The molecule has 4 rings (SSSR count). The molecule has 3 heterocycles. The van der Waals surface area contributed by atoms with E-state index in [1.54, 1.807) is 49.2 Å². The van der Waals surface area contributed by atoms with Crippen molar-refractivity contribution in [3.05, 3.63) is 72.3 Å². The largest absolute Gasteiger partial charge is 0.348 e. The molecule has 2 amide bonds. The summed E-state index contributed by atoms with van der Waals surface area (Å²) in [6.07, 6.45) is 7.30. The minimum Gasteiger partial charge on any atom is -0.348 e. The maximum atomic E-state index is 13.6. The smallest absolute Gasteiger partial charge is 0.272 e. The van der Waals surface area contributed by atoms with Crippen molar-refractivity contribution in [2.45, 2.75) is 19.3 Å². The molecule has 0 spiro atoms. The van der Waals surface area contributed by atoms with Crippen LogP contribution in [0.4, 0.5) is 0 Å². The molecule has 1 atom stereocenters. The van der Waals surface area contributed by atoms with Crippen molar-refractivity contribution in [3.8, 4) is 11.1 Å². The maximum absolute atomic E-state index is 13.6. The zero-order valence-corrected chi connectivity index (χ0v) is 18.9. The van der Waals surface area contributed by atoms with Gasteiger partial charge in [0.25, 0.3) is 5.91 Å². The second-order valence-electron chi connectivity index (χ2n) is 8.73. The summed E-state index contributed by atoms with van der Waals surface area (Å²) < 4.78 is 1.59. The average Bonchev–Trinajstić information content (AvgIpc) is 3.25. The molecule has 1 saturated heterocycles. The Kier molecular flexibility index (Phi) is 6.08. The monoisotopic (exact) mass is 431 g/mol. The number of piperidine rings is 1. The van der Waals surface area contributed by atoms with Gasteiger partial charge in [-0.1, -0.05) is 30.3 Å². The predicted molar refractivity (Wildman–Crippen MR) is 123 cm³/mol. The van der Waals surface area contributed by atoms with E-state index in [1.165, 1.54) is 0 Å². The van der Waals surface area contributed by atoms with Crippen molar-refractivity contribution in [2.75, 3.05) is 27.2 Å². The highest BCUT2D eigenvalue weighted by atomic mass is 16.2. The lowest BCUT2D eigenvalue weighted by molar-refractivity contribution is -0.142. The molecule has 0 saturated carbocycles. The molecule has 2 aromatic heterocycles. The van der Waals surface area contributed by atoms with E-state index in [0.717, 1.165) is 29.5 Å². The van der Waals surface area contributed by atoms with Gasteiger partial charge in [0.15, 0.2) is 0 Å². The molecule has 0 aliphatic carbocycles. The third-order valence-electron chi connectivity index (χ3n) is 6.28. The highest BCUT2D eigenvalue weighted by Crippen LogP contribution is 2.38. The van der Waals surface area contributed by atoms with Crippen LogP contribution in [-0.4, -0.2) is 63.6 Å². The molecule has 3 aromatic rings. The Morgan fingerprint density at radius 1 is 1.09 bits per heavy atom. The Hall–Kier alpha value is -3.48. The van der Waals surface area contributed by atoms with Gasteiger partial charge in [-0.05, 0) is 42.5 Å². The van der Waals surface area contributed by atoms with E-state index < -0.39 is 5.41 Å². The summed E-state index contributed by atoms with van der Waals surface area (Å²) >= 11 is 0. The van der Waals surface area contributed by atoms with Crippen LogP contribution in [0.2, 0.25) is 0 Å². The van der Waals surface area contributed by atoms with Crippen molar-refractivity contribution in [3.63, 3.8) is 0 Å². The van der Waals surface area contributed by atoms with Crippen molar-refractivity contribution < 1.29 is 9.59 Å². The molecule has 166 valence electrons. The van der Waals surface area contributed by atoms with Gasteiger partial charge in [-0.2, -0.15) is 5.10 Å². The standard InChI is InChI=1S/C25H29N5O2/c1-28(2)24(32)25(12-7-15-30(18-25)23(31)22-11-14-27-29(22)3)16-19-8-4-5-10-21(19)20-9-6-13-26-17-20/h4-6,8-11,13-14,17H,7,12,15-16,18H2,1-3H3/t25-/m0/s1. The molecule has 1 fully saturated rings. The number of rotatable bonds is 5. The van der Waals surface area contributed by atoms with Crippen LogP contribution in [0.5, 0.6) is 0 Å². The molecule has 32 heavy (non-hydrogen) atoms. The van der Waals surface area contributed by atoms with E-state index in [1.807, 2.05) is 35.4 Å². The Balaban J connectivity index is 1.70. The lowest BCUT2D eigenvalue weighted by Gasteiger charge is -2.43. The highest BCUT2D eigenvalue weighted by molar-refractivity contribution is 5.93. The van der Waals surface area contributed by atoms with Gasteiger partial charge in [-0.15, -0.1) is 0 Å². The van der Waals surface area contributed by atoms with E-state index in [4.69, 9.17) is 0 Å². The average molecular weight is 432 g/mol. The predicted octanol–water partition coefficient (Wildman–Crippen LogP) is 3.04. The fraction of sp³-hybridized carbons (Fsp3) is 0.360. The number of hydrogen-bond acceptors (Lipinski definition) is 4. The Morgan fingerprint density at radius 2 is 1.91 bits per heavy atom. The van der Waals surface area contributed by atoms with Gasteiger partial charge >= 0.3 is 0 Å². The first-order valence-electron chi connectivity index (χ1n) is 10.9. The number of pyridine rings is 1. The number of carbonyl (C=O) groups excluding carboxylic acids is 2. The number of benzene rings is 1. The van der Waals surface area contributed by atoms with Crippen molar-refractivity contribution in [1.29, 1.82) is 0 Å². The first kappa shape index (κ1) is 21.7. The van der Waals surface area contributed by atoms with E-state index in [2.05, 4.69) is 22.2 Å². The van der Waals surface area contributed by atoms with E-state index in [9.17, 15) is 9.59 Å². The molecule has 7 nitrogen and oxygen atoms in total. The number of aryl methyl sites for hydroxylation is 1. The van der Waals surface area contributed by atoms with Gasteiger partial charge in [-0.3, -0.25) is 19.3 Å². The summed E-state index contributed by atoms with van der Waals surface area (Å²) in [5.74, 6) is -0.0258. The van der Waals surface area contributed by atoms with Crippen LogP contribution in [0.25, 0.3) is 11.1 Å². The molecule has 0 radical (unpaired) electrons. The summed E-state index contributed by atoms with van der Waals surface area (Å²) in [7, 11) is 5.34. The molecule has 1 aromatic carbocycles. The lowest BCUT2D eigenvalue weighted by Crippen LogP contribution is -2.54. The van der Waals surface area contributed by atoms with E-state index in [0.29, 0.717) is 25.2 Å². The first-order chi connectivity index (χ1) is 15.4. The SMILES string of the molecule is CN(C)C(=O)[C@]1(Cc2ccccc2-c2cccnc2)CCCN(C(=O)c2ccnn2C)C1. The third kappa shape index (κ3) is 4.15.